The van der Waals surface area contributed by atoms with E-state index >= 15 is 0 Å². The van der Waals surface area contributed by atoms with Gasteiger partial charge in [0.25, 0.3) is 0 Å². The molecular weight excluding hydrogens is 310 g/mol. The van der Waals surface area contributed by atoms with Crippen LogP contribution in [0.3, 0.4) is 0 Å². The Hall–Kier alpha value is -1.10. The summed E-state index contributed by atoms with van der Waals surface area (Å²) in [5.41, 5.74) is 1.33. The molecule has 1 unspecified atom stereocenters. The van der Waals surface area contributed by atoms with Crippen LogP contribution in [0, 0.1) is 5.92 Å². The van der Waals surface area contributed by atoms with Crippen LogP contribution in [-0.2, 0) is 4.79 Å². The van der Waals surface area contributed by atoms with Crippen LogP contribution >= 0.6 is 12.4 Å². The molecule has 1 fully saturated rings. The maximum atomic E-state index is 12.3. The highest BCUT2D eigenvalue weighted by atomic mass is 35.5. The Morgan fingerprint density at radius 1 is 1.22 bits per heavy atom. The van der Waals surface area contributed by atoms with Crippen LogP contribution in [0.15, 0.2) is 30.3 Å². The molecule has 4 nitrogen and oxygen atoms in total. The van der Waals surface area contributed by atoms with Crippen molar-refractivity contribution in [1.82, 2.24) is 15.1 Å². The second-order valence-corrected chi connectivity index (χ2v) is 6.46. The van der Waals surface area contributed by atoms with Gasteiger partial charge in [0.15, 0.2) is 0 Å². The lowest BCUT2D eigenvalue weighted by molar-refractivity contribution is -0.132. The van der Waals surface area contributed by atoms with Gasteiger partial charge in [-0.1, -0.05) is 44.2 Å². The number of carbonyl (C=O) groups excluding carboxylic acids is 1. The van der Waals surface area contributed by atoms with Gasteiger partial charge in [-0.15, -0.1) is 12.4 Å². The van der Waals surface area contributed by atoms with Gasteiger partial charge in [-0.3, -0.25) is 9.69 Å². The molecule has 0 aromatic heterocycles. The van der Waals surface area contributed by atoms with Gasteiger partial charge in [0.2, 0.25) is 5.91 Å². The highest BCUT2D eigenvalue weighted by Gasteiger charge is 2.22. The molecule has 23 heavy (non-hydrogen) atoms. The molecular formula is C18H30ClN3O. The number of amides is 1. The molecule has 1 heterocycles. The molecule has 1 atom stereocenters. The van der Waals surface area contributed by atoms with Crippen molar-refractivity contribution in [2.75, 3.05) is 39.8 Å². The maximum absolute atomic E-state index is 12.3. The van der Waals surface area contributed by atoms with Crippen LogP contribution in [0.2, 0.25) is 0 Å². The van der Waals surface area contributed by atoms with Crippen molar-refractivity contribution in [3.63, 3.8) is 0 Å². The van der Waals surface area contributed by atoms with Gasteiger partial charge in [-0.05, 0) is 18.5 Å². The average molecular weight is 340 g/mol. The molecule has 130 valence electrons. The number of rotatable bonds is 6. The molecule has 0 bridgehead atoms. The van der Waals surface area contributed by atoms with E-state index in [-0.39, 0.29) is 18.3 Å². The Labute approximate surface area is 146 Å². The summed E-state index contributed by atoms with van der Waals surface area (Å²) >= 11 is 0. The molecule has 1 N–H and O–H groups in total. The first-order valence-corrected chi connectivity index (χ1v) is 8.33. The molecule has 5 heteroatoms. The quantitative estimate of drug-likeness (QED) is 0.865. The van der Waals surface area contributed by atoms with E-state index in [1.807, 2.05) is 4.90 Å². The van der Waals surface area contributed by atoms with Crippen LogP contribution in [0.5, 0.6) is 0 Å². The van der Waals surface area contributed by atoms with Crippen molar-refractivity contribution in [3.05, 3.63) is 35.9 Å². The normalized spacial score (nSPS) is 16.3. The molecule has 0 aliphatic carbocycles. The predicted molar refractivity (Wildman–Crippen MR) is 98.0 cm³/mol. The summed E-state index contributed by atoms with van der Waals surface area (Å²) in [6, 6.07) is 10.9. The van der Waals surface area contributed by atoms with Crippen molar-refractivity contribution in [3.8, 4) is 0 Å². The molecule has 1 aromatic carbocycles. The monoisotopic (exact) mass is 339 g/mol. The third-order valence-corrected chi connectivity index (χ3v) is 4.40. The average Bonchev–Trinajstić information content (AvgIpc) is 2.54. The Bertz CT molecular complexity index is 461. The second kappa shape index (κ2) is 9.91. The number of halogens is 1. The van der Waals surface area contributed by atoms with Gasteiger partial charge in [-0.25, -0.2) is 0 Å². The number of piperazine rings is 1. The maximum Gasteiger partial charge on any atom is 0.223 e. The van der Waals surface area contributed by atoms with Crippen molar-refractivity contribution >= 4 is 18.3 Å². The van der Waals surface area contributed by atoms with E-state index in [2.05, 4.69) is 61.4 Å². The number of carbonyl (C=O) groups is 1. The molecule has 1 aliphatic heterocycles. The molecule has 0 saturated carbocycles. The molecule has 1 aromatic rings. The summed E-state index contributed by atoms with van der Waals surface area (Å²) in [7, 11) is 2.13. The topological polar surface area (TPSA) is 35.6 Å². The fourth-order valence-corrected chi connectivity index (χ4v) is 3.28. The number of benzene rings is 1. The van der Waals surface area contributed by atoms with Crippen molar-refractivity contribution in [1.29, 1.82) is 0 Å². The summed E-state index contributed by atoms with van der Waals surface area (Å²) in [5.74, 6) is 0.797. The summed E-state index contributed by atoms with van der Waals surface area (Å²) in [5, 5.41) is 3.28. The van der Waals surface area contributed by atoms with Gasteiger partial charge >= 0.3 is 0 Å². The number of nitrogens with zero attached hydrogens (tertiary/aromatic N) is 2. The van der Waals surface area contributed by atoms with E-state index in [1.165, 1.54) is 5.56 Å². The highest BCUT2D eigenvalue weighted by molar-refractivity contribution is 5.85. The minimum atomic E-state index is 0. The number of hydrogen-bond acceptors (Lipinski definition) is 3. The first kappa shape index (κ1) is 19.9. The summed E-state index contributed by atoms with van der Waals surface area (Å²) in [6.45, 7) is 8.81. The lowest BCUT2D eigenvalue weighted by Crippen LogP contribution is -2.47. The minimum Gasteiger partial charge on any atom is -0.340 e. The molecule has 1 amide bonds. The number of hydrogen-bond donors (Lipinski definition) is 1. The van der Waals surface area contributed by atoms with E-state index in [1.54, 1.807) is 0 Å². The third kappa shape index (κ3) is 5.79. The van der Waals surface area contributed by atoms with Crippen LogP contribution in [0.4, 0.5) is 0 Å². The Kier molecular flexibility index (Phi) is 8.59. The molecule has 1 saturated heterocycles. The zero-order valence-corrected chi connectivity index (χ0v) is 15.3. The Morgan fingerprint density at radius 3 is 2.39 bits per heavy atom. The Morgan fingerprint density at radius 2 is 1.83 bits per heavy atom. The summed E-state index contributed by atoms with van der Waals surface area (Å²) in [4.78, 5) is 16.6. The van der Waals surface area contributed by atoms with Crippen molar-refractivity contribution < 1.29 is 4.79 Å². The van der Waals surface area contributed by atoms with Gasteiger partial charge in [-0.2, -0.15) is 0 Å². The van der Waals surface area contributed by atoms with Gasteiger partial charge in [0.05, 0.1) is 0 Å². The van der Waals surface area contributed by atoms with Crippen LogP contribution < -0.4 is 5.32 Å². The molecule has 1 aliphatic rings. The standard InChI is InChI=1S/C18H29N3O.ClH/c1-15(2)18(16-7-5-4-6-8-16)20(3)12-9-17(22)21-13-10-19-11-14-21;/h4-8,15,18-19H,9-14H2,1-3H3;1H. The van der Waals surface area contributed by atoms with Gasteiger partial charge < -0.3 is 10.2 Å². The van der Waals surface area contributed by atoms with E-state index in [0.29, 0.717) is 18.4 Å². The third-order valence-electron chi connectivity index (χ3n) is 4.40. The van der Waals surface area contributed by atoms with E-state index in [0.717, 1.165) is 32.7 Å². The molecule has 0 spiro atoms. The Balaban J connectivity index is 0.00000264. The lowest BCUT2D eigenvalue weighted by atomic mass is 9.94. The van der Waals surface area contributed by atoms with Gasteiger partial charge in [0, 0.05) is 45.2 Å². The first-order valence-electron chi connectivity index (χ1n) is 8.33. The summed E-state index contributed by atoms with van der Waals surface area (Å²) in [6.07, 6.45) is 0.604. The van der Waals surface area contributed by atoms with E-state index in [4.69, 9.17) is 0 Å². The first-order chi connectivity index (χ1) is 10.6. The highest BCUT2D eigenvalue weighted by Crippen LogP contribution is 2.27. The summed E-state index contributed by atoms with van der Waals surface area (Å²) < 4.78 is 0. The second-order valence-electron chi connectivity index (χ2n) is 6.46. The van der Waals surface area contributed by atoms with E-state index in [9.17, 15) is 4.79 Å². The van der Waals surface area contributed by atoms with Crippen molar-refractivity contribution in [2.45, 2.75) is 26.3 Å². The predicted octanol–water partition coefficient (Wildman–Crippen LogP) is 2.56. The van der Waals surface area contributed by atoms with Crippen LogP contribution in [0.25, 0.3) is 0 Å². The zero-order valence-electron chi connectivity index (χ0n) is 14.5. The molecule has 0 radical (unpaired) electrons. The van der Waals surface area contributed by atoms with Crippen molar-refractivity contribution in [2.24, 2.45) is 5.92 Å². The number of nitrogens with one attached hydrogen (secondary N) is 1. The minimum absolute atomic E-state index is 0. The van der Waals surface area contributed by atoms with E-state index < -0.39 is 0 Å². The largest absolute Gasteiger partial charge is 0.340 e. The fraction of sp³-hybridized carbons (Fsp3) is 0.611. The van der Waals surface area contributed by atoms with Gasteiger partial charge in [0.1, 0.15) is 0 Å². The fourth-order valence-electron chi connectivity index (χ4n) is 3.28. The van der Waals surface area contributed by atoms with Crippen LogP contribution in [0.1, 0.15) is 31.9 Å². The SMILES string of the molecule is CC(C)C(c1ccccc1)N(C)CCC(=O)N1CCNCC1.Cl. The van der Waals surface area contributed by atoms with Crippen LogP contribution in [-0.4, -0.2) is 55.5 Å². The lowest BCUT2D eigenvalue weighted by Gasteiger charge is -2.33. The zero-order chi connectivity index (χ0) is 15.9. The molecule has 2 rings (SSSR count). The smallest absolute Gasteiger partial charge is 0.223 e.